The summed E-state index contributed by atoms with van der Waals surface area (Å²) in [5.41, 5.74) is 1.24. The number of hydrogen-bond donors (Lipinski definition) is 1. The minimum atomic E-state index is -1.05. The zero-order valence-corrected chi connectivity index (χ0v) is 28.9. The lowest BCUT2D eigenvalue weighted by molar-refractivity contribution is -0.132. The fraction of sp³-hybridized carbons (Fsp3) is 0.333. The standard InChI is InChI=1S/C36H38FN3O6S2/c1-5-6-18-45-26-14-11-23(12-15-26)32(41)30-31(24-13-16-28(29(20-24)44-4)46-19-17-22(2)3)40(34(43)33(30)42)35-38-39-36(48-35)47-21-25-9-7-8-10-27(25)37/h7-16,20,22,31,41H,5-6,17-19,21H2,1-4H3. The normalized spacial score (nSPS) is 15.7. The Labute approximate surface area is 287 Å². The Balaban J connectivity index is 1.53. The summed E-state index contributed by atoms with van der Waals surface area (Å²) < 4.78 is 32.1. The second-order valence-electron chi connectivity index (χ2n) is 11.6. The fourth-order valence-electron chi connectivity index (χ4n) is 5.04. The van der Waals surface area contributed by atoms with Crippen LogP contribution in [0, 0.1) is 11.7 Å². The summed E-state index contributed by atoms with van der Waals surface area (Å²) in [5, 5.41) is 20.2. The van der Waals surface area contributed by atoms with Crippen molar-refractivity contribution in [3.05, 3.63) is 94.8 Å². The number of hydrogen-bond acceptors (Lipinski definition) is 10. The van der Waals surface area contributed by atoms with Gasteiger partial charge in [-0.25, -0.2) is 4.39 Å². The average Bonchev–Trinajstić information content (AvgIpc) is 3.66. The third kappa shape index (κ3) is 7.99. The molecule has 1 saturated heterocycles. The number of halogens is 1. The maximum atomic E-state index is 14.2. The number of anilines is 1. The molecule has 1 N–H and O–H groups in total. The first-order chi connectivity index (χ1) is 23.2. The number of thioether (sulfide) groups is 1. The first-order valence-corrected chi connectivity index (χ1v) is 17.6. The number of Topliss-reactive ketones (excluding diaryl/α,β-unsaturated/α-hetero) is 1. The molecule has 0 bridgehead atoms. The molecular weight excluding hydrogens is 654 g/mol. The van der Waals surface area contributed by atoms with Gasteiger partial charge in [0.25, 0.3) is 5.78 Å². The molecule has 9 nitrogen and oxygen atoms in total. The SMILES string of the molecule is CCCCOc1ccc(C(O)=C2C(=O)C(=O)N(c3nnc(SCc4ccccc4F)s3)C2c2ccc(OCCC(C)C)c(OC)c2)cc1. The Morgan fingerprint density at radius 2 is 1.79 bits per heavy atom. The topological polar surface area (TPSA) is 111 Å². The van der Waals surface area contributed by atoms with Crippen LogP contribution < -0.4 is 19.1 Å². The minimum absolute atomic E-state index is 0.106. The average molecular weight is 692 g/mol. The second kappa shape index (κ2) is 16.1. The summed E-state index contributed by atoms with van der Waals surface area (Å²) in [6.07, 6.45) is 2.75. The number of amides is 1. The van der Waals surface area contributed by atoms with Crippen molar-refractivity contribution >= 4 is 45.7 Å². The van der Waals surface area contributed by atoms with Crippen LogP contribution in [0.2, 0.25) is 0 Å². The quantitative estimate of drug-likeness (QED) is 0.0329. The Kier molecular flexibility index (Phi) is 11.7. The summed E-state index contributed by atoms with van der Waals surface area (Å²) in [6.45, 7) is 7.34. The van der Waals surface area contributed by atoms with Crippen LogP contribution in [-0.2, 0) is 15.3 Å². The van der Waals surface area contributed by atoms with Crippen molar-refractivity contribution in [2.24, 2.45) is 5.92 Å². The van der Waals surface area contributed by atoms with Crippen molar-refractivity contribution in [3.63, 3.8) is 0 Å². The molecule has 1 aliphatic heterocycles. The van der Waals surface area contributed by atoms with Crippen LogP contribution in [-0.4, -0.2) is 47.3 Å². The third-order valence-corrected chi connectivity index (χ3v) is 9.81. The Hall–Kier alpha value is -4.42. The number of rotatable bonds is 15. The highest BCUT2D eigenvalue weighted by Gasteiger charge is 2.48. The van der Waals surface area contributed by atoms with E-state index in [4.69, 9.17) is 14.2 Å². The molecule has 4 aromatic rings. The number of benzene rings is 3. The number of aromatic nitrogens is 2. The van der Waals surface area contributed by atoms with Crippen LogP contribution >= 0.6 is 23.1 Å². The summed E-state index contributed by atoms with van der Waals surface area (Å²) in [5.74, 6) is -0.0852. The van der Waals surface area contributed by atoms with Gasteiger partial charge in [0.2, 0.25) is 5.13 Å². The molecule has 48 heavy (non-hydrogen) atoms. The monoisotopic (exact) mass is 691 g/mol. The smallest absolute Gasteiger partial charge is 0.301 e. The molecule has 1 aliphatic rings. The van der Waals surface area contributed by atoms with Gasteiger partial charge in [0.05, 0.1) is 31.9 Å². The molecule has 0 saturated carbocycles. The molecule has 0 radical (unpaired) electrons. The predicted molar refractivity (Wildman–Crippen MR) is 185 cm³/mol. The molecule has 1 unspecified atom stereocenters. The van der Waals surface area contributed by atoms with Crippen LogP contribution in [0.4, 0.5) is 9.52 Å². The maximum absolute atomic E-state index is 14.2. The van der Waals surface area contributed by atoms with Crippen LogP contribution in [0.3, 0.4) is 0 Å². The van der Waals surface area contributed by atoms with Gasteiger partial charge in [-0.3, -0.25) is 14.5 Å². The number of aliphatic hydroxyl groups excluding tert-OH is 1. The molecule has 0 aliphatic carbocycles. The summed E-state index contributed by atoms with van der Waals surface area (Å²) in [7, 11) is 1.51. The van der Waals surface area contributed by atoms with Crippen molar-refractivity contribution in [3.8, 4) is 17.2 Å². The number of methoxy groups -OCH3 is 1. The van der Waals surface area contributed by atoms with Gasteiger partial charge >= 0.3 is 5.91 Å². The number of unbranched alkanes of at least 4 members (excludes halogenated alkanes) is 1. The van der Waals surface area contributed by atoms with Gasteiger partial charge in [0.1, 0.15) is 17.3 Å². The minimum Gasteiger partial charge on any atom is -0.507 e. The van der Waals surface area contributed by atoms with Crippen molar-refractivity contribution < 1.29 is 33.3 Å². The lowest BCUT2D eigenvalue weighted by atomic mass is 9.95. The predicted octanol–water partition coefficient (Wildman–Crippen LogP) is 8.21. The van der Waals surface area contributed by atoms with Crippen LogP contribution in [0.1, 0.15) is 62.8 Å². The molecule has 5 rings (SSSR count). The van der Waals surface area contributed by atoms with E-state index in [1.54, 1.807) is 60.7 Å². The van der Waals surface area contributed by atoms with Crippen LogP contribution in [0.25, 0.3) is 5.76 Å². The number of ether oxygens (including phenoxy) is 3. The Morgan fingerprint density at radius 1 is 1.02 bits per heavy atom. The Bertz CT molecular complexity index is 1780. The summed E-state index contributed by atoms with van der Waals surface area (Å²) in [4.78, 5) is 28.7. The zero-order valence-electron chi connectivity index (χ0n) is 27.3. The number of aliphatic hydroxyl groups is 1. The van der Waals surface area contributed by atoms with E-state index in [9.17, 15) is 19.1 Å². The molecule has 252 valence electrons. The van der Waals surface area contributed by atoms with E-state index < -0.39 is 17.7 Å². The van der Waals surface area contributed by atoms with E-state index in [0.717, 1.165) is 30.6 Å². The van der Waals surface area contributed by atoms with Gasteiger partial charge in [-0.1, -0.05) is 74.6 Å². The zero-order chi connectivity index (χ0) is 34.2. The molecule has 1 aromatic heterocycles. The van der Waals surface area contributed by atoms with Gasteiger partial charge in [-0.15, -0.1) is 10.2 Å². The molecule has 2 heterocycles. The van der Waals surface area contributed by atoms with Crippen LogP contribution in [0.15, 0.2) is 76.6 Å². The number of nitrogens with zero attached hydrogens (tertiary/aromatic N) is 3. The van der Waals surface area contributed by atoms with Crippen molar-refractivity contribution in [2.45, 2.75) is 56.2 Å². The highest BCUT2D eigenvalue weighted by Crippen LogP contribution is 2.45. The molecule has 0 spiro atoms. The van der Waals surface area contributed by atoms with Crippen LogP contribution in [0.5, 0.6) is 17.2 Å². The van der Waals surface area contributed by atoms with Crippen molar-refractivity contribution in [2.75, 3.05) is 25.2 Å². The first kappa shape index (κ1) is 34.9. The number of carbonyl (C=O) groups is 2. The van der Waals surface area contributed by atoms with E-state index in [-0.39, 0.29) is 22.3 Å². The van der Waals surface area contributed by atoms with E-state index >= 15 is 0 Å². The van der Waals surface area contributed by atoms with Crippen molar-refractivity contribution in [1.82, 2.24) is 10.2 Å². The first-order valence-electron chi connectivity index (χ1n) is 15.8. The molecule has 12 heteroatoms. The second-order valence-corrected chi connectivity index (χ2v) is 13.7. The summed E-state index contributed by atoms with van der Waals surface area (Å²) in [6, 6.07) is 17.3. The lowest BCUT2D eigenvalue weighted by Gasteiger charge is -2.23. The van der Waals surface area contributed by atoms with Gasteiger partial charge in [0.15, 0.2) is 15.8 Å². The molecule has 1 atom stereocenters. The highest BCUT2D eigenvalue weighted by molar-refractivity contribution is 8.00. The van der Waals surface area contributed by atoms with E-state index in [1.165, 1.54) is 29.8 Å². The lowest BCUT2D eigenvalue weighted by Crippen LogP contribution is -2.29. The number of ketones is 1. The Morgan fingerprint density at radius 3 is 2.50 bits per heavy atom. The third-order valence-electron chi connectivity index (χ3n) is 7.71. The van der Waals surface area contributed by atoms with E-state index in [1.807, 2.05) is 0 Å². The van der Waals surface area contributed by atoms with Gasteiger partial charge in [-0.05, 0) is 72.4 Å². The molecular formula is C36H38FN3O6S2. The largest absolute Gasteiger partial charge is 0.507 e. The molecule has 3 aromatic carbocycles. The van der Waals surface area contributed by atoms with Crippen molar-refractivity contribution in [1.29, 1.82) is 0 Å². The van der Waals surface area contributed by atoms with Gasteiger partial charge < -0.3 is 19.3 Å². The van der Waals surface area contributed by atoms with E-state index in [2.05, 4.69) is 31.0 Å². The van der Waals surface area contributed by atoms with E-state index in [0.29, 0.717) is 63.2 Å². The molecule has 1 amide bonds. The molecule has 1 fully saturated rings. The summed E-state index contributed by atoms with van der Waals surface area (Å²) >= 11 is 2.37. The van der Waals surface area contributed by atoms with Gasteiger partial charge in [0, 0.05) is 11.3 Å². The maximum Gasteiger partial charge on any atom is 0.301 e. The number of carbonyl (C=O) groups excluding carboxylic acids is 2. The highest BCUT2D eigenvalue weighted by atomic mass is 32.2. The van der Waals surface area contributed by atoms with Gasteiger partial charge in [-0.2, -0.15) is 0 Å². The fourth-order valence-corrected chi connectivity index (χ4v) is 6.89.